The van der Waals surface area contributed by atoms with E-state index in [0.29, 0.717) is 0 Å². The summed E-state index contributed by atoms with van der Waals surface area (Å²) in [5, 5.41) is 8.44. The molecule has 0 saturated carbocycles. The number of nitrogens with zero attached hydrogens (tertiary/aromatic N) is 1. The zero-order chi connectivity index (χ0) is 7.91. The van der Waals surface area contributed by atoms with Crippen molar-refractivity contribution in [1.82, 2.24) is 0 Å². The first kappa shape index (κ1) is 11.1. The first-order valence-electron chi connectivity index (χ1n) is 1.18. The molecule has 0 aliphatic heterocycles. The Kier molecular flexibility index (Phi) is 6.63. The van der Waals surface area contributed by atoms with Crippen LogP contribution in [0.2, 0.25) is 0 Å². The van der Waals surface area contributed by atoms with Gasteiger partial charge in [-0.25, -0.2) is 0 Å². The summed E-state index contributed by atoms with van der Waals surface area (Å²) in [5.41, 5.74) is 0. The third-order valence-electron chi connectivity index (χ3n) is 0.0333. The van der Waals surface area contributed by atoms with E-state index in [1.54, 1.807) is 5.34 Å². The molecule has 0 aliphatic carbocycles. The van der Waals surface area contributed by atoms with Gasteiger partial charge in [-0.1, -0.05) is 0 Å². The van der Waals surface area contributed by atoms with E-state index in [1.807, 2.05) is 0 Å². The number of rotatable bonds is 1. The van der Waals surface area contributed by atoms with Gasteiger partial charge in [0.05, 0.1) is 0 Å². The monoisotopic (exact) mass is 183 g/mol. The average Bonchev–Trinajstić information content (AvgIpc) is 1.61. The maximum absolute atomic E-state index is 8.69. The standard InChI is InChI=1S/Mn.HNO3.H2O.3O/c;2-1-4-3;;;;/h;3H;1H2;;;/q+1;;;;;/p-1. The van der Waals surface area contributed by atoms with E-state index in [-0.39, 0.29) is 0 Å². The third-order valence-corrected chi connectivity index (χ3v) is 0.0333. The fourth-order valence-corrected chi connectivity index (χ4v) is 0. The van der Waals surface area contributed by atoms with E-state index in [4.69, 9.17) is 25.9 Å². The Balaban J connectivity index is 0. The van der Waals surface area contributed by atoms with Gasteiger partial charge in [0, 0.05) is 0 Å². The summed E-state index contributed by atoms with van der Waals surface area (Å²) < 4.78 is 33.1. The van der Waals surface area contributed by atoms with Crippen LogP contribution in [0.15, 0.2) is 5.34 Å². The molecule has 0 aromatic carbocycles. The average molecular weight is 183 g/mol. The van der Waals surface area contributed by atoms with Gasteiger partial charge in [-0.05, 0) is 0 Å². The van der Waals surface area contributed by atoms with Crippen LogP contribution in [0.25, 0.3) is 0 Å². The molecule has 0 spiro atoms. The van der Waals surface area contributed by atoms with E-state index < -0.39 is 13.0 Å². The van der Waals surface area contributed by atoms with Crippen LogP contribution >= 0.6 is 0 Å². The van der Waals surface area contributed by atoms with Crippen molar-refractivity contribution in [2.24, 2.45) is 5.34 Å². The topological polar surface area (TPSA) is 130 Å². The molecule has 0 amide bonds. The van der Waals surface area contributed by atoms with Crippen LogP contribution in [0.4, 0.5) is 0 Å². The van der Waals surface area contributed by atoms with Gasteiger partial charge >= 0.3 is 28.7 Å². The minimum absolute atomic E-state index is 1.54. The molecule has 8 nitrogen and oxygen atoms in total. The molecule has 0 fully saturated rings. The van der Waals surface area contributed by atoms with E-state index in [2.05, 4.69) is 4.99 Å². The molecule has 0 rings (SSSR count). The molecular weight excluding hydrogens is 181 g/mol. The molecule has 56 valence electrons. The Labute approximate surface area is 50.1 Å². The number of hydrogen-bond donors (Lipinski definition) is 2. The molecule has 2 N–H and O–H groups in total. The van der Waals surface area contributed by atoms with Gasteiger partial charge in [0.2, 0.25) is 0 Å². The van der Waals surface area contributed by atoms with Crippen LogP contribution in [-0.2, 0) is 29.5 Å². The van der Waals surface area contributed by atoms with Crippen molar-refractivity contribution < 1.29 is 38.9 Å². The van der Waals surface area contributed by atoms with Crippen molar-refractivity contribution >= 4 is 0 Å². The van der Waals surface area contributed by atoms with E-state index >= 15 is 0 Å². The quantitative estimate of drug-likeness (QED) is 0.236. The van der Waals surface area contributed by atoms with E-state index in [0.717, 1.165) is 0 Å². The predicted molar refractivity (Wildman–Crippen MR) is 13.8 cm³/mol. The molecule has 9 heavy (non-hydrogen) atoms. The van der Waals surface area contributed by atoms with Crippen LogP contribution in [0.5, 0.6) is 0 Å². The summed E-state index contributed by atoms with van der Waals surface area (Å²) in [7, 11) is 0. The molecule has 0 aromatic rings. The Morgan fingerprint density at radius 1 is 1.33 bits per heavy atom. The molecule has 0 heterocycles. The van der Waals surface area contributed by atoms with Crippen molar-refractivity contribution in [1.29, 1.82) is 0 Å². The molecule has 0 bridgehead atoms. The summed E-state index contributed by atoms with van der Waals surface area (Å²) in [6, 6.07) is 0. The summed E-state index contributed by atoms with van der Waals surface area (Å²) in [6.45, 7) is 0. The zero-order valence-corrected chi connectivity index (χ0v) is 4.94. The van der Waals surface area contributed by atoms with Crippen LogP contribution in [0.3, 0.4) is 0 Å². The Bertz CT molecular complexity index is 176. The first-order valence-corrected chi connectivity index (χ1v) is 3.15. The van der Waals surface area contributed by atoms with Gasteiger partial charge in [-0.3, -0.25) is 0 Å². The van der Waals surface area contributed by atoms with Crippen molar-refractivity contribution in [2.45, 2.75) is 0 Å². The third kappa shape index (κ3) is 3470. The fraction of sp³-hybridized carbons (Fsp3) is 0. The SMILES string of the molecule is O=NOO.[O]=[Mn](=[O])(=[O])[OH]. The Hall–Kier alpha value is -0.761. The van der Waals surface area contributed by atoms with Crippen LogP contribution < -0.4 is 0 Å². The molecule has 9 heteroatoms. The molecule has 0 aromatic heterocycles. The predicted octanol–water partition coefficient (Wildman–Crippen LogP) is -0.759. The normalized spacial score (nSPS) is 8.67. The second kappa shape index (κ2) is 5.38. The van der Waals surface area contributed by atoms with Gasteiger partial charge in [0.1, 0.15) is 0 Å². The second-order valence-corrected chi connectivity index (χ2v) is 1.79. The maximum atomic E-state index is 8.69. The summed E-state index contributed by atoms with van der Waals surface area (Å²) in [6.07, 6.45) is 0. The van der Waals surface area contributed by atoms with Crippen molar-refractivity contribution in [2.75, 3.05) is 0 Å². The van der Waals surface area contributed by atoms with Gasteiger partial charge in [0.15, 0.2) is 5.34 Å². The summed E-state index contributed by atoms with van der Waals surface area (Å²) >= 11 is -5.38. The molecular formula is H2MnNO7. The summed E-state index contributed by atoms with van der Waals surface area (Å²) in [5.74, 6) is 0. The fourth-order valence-electron chi connectivity index (χ4n) is 0. The second-order valence-electron chi connectivity index (χ2n) is 0.552. The van der Waals surface area contributed by atoms with Gasteiger partial charge in [-0.2, -0.15) is 10.2 Å². The Morgan fingerprint density at radius 2 is 1.44 bits per heavy atom. The minimum atomic E-state index is -5.38. The molecule has 0 atom stereocenters. The van der Waals surface area contributed by atoms with Gasteiger partial charge < -0.3 is 0 Å². The molecule has 0 aliphatic rings. The van der Waals surface area contributed by atoms with Crippen LogP contribution in [-0.4, -0.2) is 9.45 Å². The Morgan fingerprint density at radius 3 is 1.44 bits per heavy atom. The van der Waals surface area contributed by atoms with Gasteiger partial charge in [-0.15, -0.1) is 4.91 Å². The van der Waals surface area contributed by atoms with Crippen LogP contribution in [0.1, 0.15) is 0 Å². The summed E-state index contributed by atoms with van der Waals surface area (Å²) in [4.78, 5) is 11.1. The van der Waals surface area contributed by atoms with E-state index in [9.17, 15) is 0 Å². The molecule has 0 radical (unpaired) electrons. The first-order chi connectivity index (χ1) is 3.91. The van der Waals surface area contributed by atoms with Gasteiger partial charge in [0.25, 0.3) is 0 Å². The van der Waals surface area contributed by atoms with Crippen molar-refractivity contribution in [3.8, 4) is 0 Å². The van der Waals surface area contributed by atoms with E-state index in [1.165, 1.54) is 0 Å². The molecule has 0 unspecified atom stereocenters. The van der Waals surface area contributed by atoms with Crippen LogP contribution in [0, 0.1) is 4.91 Å². The zero-order valence-electron chi connectivity index (χ0n) is 3.76. The van der Waals surface area contributed by atoms with Crippen molar-refractivity contribution in [3.05, 3.63) is 4.91 Å². The number of hydrogen-bond acceptors (Lipinski definition) is 7. The van der Waals surface area contributed by atoms with Crippen molar-refractivity contribution in [3.63, 3.8) is 0 Å². The molecule has 0 saturated heterocycles.